The molecule has 1 aromatic heterocycles. The Morgan fingerprint density at radius 3 is 2.55 bits per heavy atom. The summed E-state index contributed by atoms with van der Waals surface area (Å²) < 4.78 is 7.66. The van der Waals surface area contributed by atoms with Crippen LogP contribution in [-0.2, 0) is 0 Å². The number of furan rings is 1. The van der Waals surface area contributed by atoms with Crippen molar-refractivity contribution in [1.29, 1.82) is 0 Å². The van der Waals surface area contributed by atoms with Gasteiger partial charge in [0.1, 0.15) is 17.4 Å². The zero-order chi connectivity index (χ0) is 14.3. The number of aliphatic hydroxyl groups excluding tert-OH is 1. The third-order valence-corrected chi connectivity index (χ3v) is 5.17. The van der Waals surface area contributed by atoms with E-state index in [1.807, 2.05) is 49.4 Å². The van der Waals surface area contributed by atoms with E-state index in [1.165, 1.54) is 0 Å². The van der Waals surface area contributed by atoms with E-state index in [2.05, 4.69) is 31.9 Å². The van der Waals surface area contributed by atoms with Gasteiger partial charge in [0.05, 0.1) is 0 Å². The van der Waals surface area contributed by atoms with Crippen LogP contribution in [-0.4, -0.2) is 5.11 Å². The van der Waals surface area contributed by atoms with E-state index in [0.717, 1.165) is 31.0 Å². The van der Waals surface area contributed by atoms with E-state index in [9.17, 15) is 5.11 Å². The Balaban J connectivity index is 2.05. The summed E-state index contributed by atoms with van der Waals surface area (Å²) >= 11 is 6.87. The van der Waals surface area contributed by atoms with Gasteiger partial charge in [-0.05, 0) is 68.1 Å². The first kappa shape index (κ1) is 13.9. The van der Waals surface area contributed by atoms with E-state index < -0.39 is 6.10 Å². The van der Waals surface area contributed by atoms with Crippen LogP contribution in [0.2, 0.25) is 0 Å². The molecule has 2 aromatic carbocycles. The number of halogens is 2. The number of para-hydroxylation sites is 1. The molecule has 0 aliphatic rings. The van der Waals surface area contributed by atoms with Gasteiger partial charge in [0.15, 0.2) is 0 Å². The van der Waals surface area contributed by atoms with Crippen molar-refractivity contribution in [3.8, 4) is 0 Å². The Morgan fingerprint density at radius 1 is 1.05 bits per heavy atom. The molecule has 0 saturated carbocycles. The van der Waals surface area contributed by atoms with Gasteiger partial charge in [-0.1, -0.05) is 24.3 Å². The van der Waals surface area contributed by atoms with Gasteiger partial charge >= 0.3 is 0 Å². The summed E-state index contributed by atoms with van der Waals surface area (Å²) in [5.74, 6) is 0.559. The molecule has 0 saturated heterocycles. The molecule has 0 radical (unpaired) electrons. The third kappa shape index (κ3) is 2.43. The monoisotopic (exact) mass is 394 g/mol. The van der Waals surface area contributed by atoms with Crippen LogP contribution in [0, 0.1) is 6.92 Å². The van der Waals surface area contributed by atoms with Crippen LogP contribution in [0.15, 0.2) is 55.8 Å². The molecular formula is C16H12Br2O2. The second-order valence-electron chi connectivity index (χ2n) is 4.72. The summed E-state index contributed by atoms with van der Waals surface area (Å²) in [5.41, 5.74) is 2.69. The van der Waals surface area contributed by atoms with Crippen molar-refractivity contribution < 1.29 is 9.52 Å². The zero-order valence-corrected chi connectivity index (χ0v) is 13.9. The minimum atomic E-state index is -0.772. The lowest BCUT2D eigenvalue weighted by Crippen LogP contribution is -1.97. The van der Waals surface area contributed by atoms with Gasteiger partial charge in [-0.3, -0.25) is 0 Å². The maximum absolute atomic E-state index is 10.5. The lowest BCUT2D eigenvalue weighted by molar-refractivity contribution is 0.192. The molecular weight excluding hydrogens is 384 g/mol. The average Bonchev–Trinajstić information content (AvgIpc) is 2.86. The highest BCUT2D eigenvalue weighted by Crippen LogP contribution is 2.32. The molecule has 2 nitrogen and oxygen atoms in total. The number of aliphatic hydroxyl groups is 1. The molecule has 1 atom stereocenters. The predicted molar refractivity (Wildman–Crippen MR) is 86.9 cm³/mol. The summed E-state index contributed by atoms with van der Waals surface area (Å²) in [6, 6.07) is 13.5. The molecule has 0 fully saturated rings. The summed E-state index contributed by atoms with van der Waals surface area (Å²) in [7, 11) is 0. The third-order valence-electron chi connectivity index (χ3n) is 3.29. The maximum atomic E-state index is 10.5. The zero-order valence-electron chi connectivity index (χ0n) is 10.7. The normalized spacial score (nSPS) is 12.8. The highest BCUT2D eigenvalue weighted by atomic mass is 79.9. The quantitative estimate of drug-likeness (QED) is 0.634. The van der Waals surface area contributed by atoms with Gasteiger partial charge in [0.2, 0.25) is 0 Å². The Morgan fingerprint density at radius 2 is 1.85 bits per heavy atom. The SMILES string of the molecule is Cc1cccc2cc(C(O)c3ccc(Br)c(Br)c3)oc12. The van der Waals surface area contributed by atoms with E-state index >= 15 is 0 Å². The molecule has 102 valence electrons. The van der Waals surface area contributed by atoms with Crippen molar-refractivity contribution in [3.63, 3.8) is 0 Å². The summed E-state index contributed by atoms with van der Waals surface area (Å²) in [6.07, 6.45) is -0.772. The molecule has 0 spiro atoms. The second-order valence-corrected chi connectivity index (χ2v) is 6.43. The molecule has 3 rings (SSSR count). The summed E-state index contributed by atoms with van der Waals surface area (Å²) in [5, 5.41) is 11.5. The number of hydrogen-bond acceptors (Lipinski definition) is 2. The van der Waals surface area contributed by atoms with Crippen LogP contribution in [0.25, 0.3) is 11.0 Å². The van der Waals surface area contributed by atoms with Crippen molar-refractivity contribution in [3.05, 3.63) is 68.3 Å². The lowest BCUT2D eigenvalue weighted by Gasteiger charge is -2.09. The Labute approximate surface area is 133 Å². The van der Waals surface area contributed by atoms with Gasteiger partial charge in [-0.25, -0.2) is 0 Å². The van der Waals surface area contributed by atoms with Gasteiger partial charge in [-0.15, -0.1) is 0 Å². The van der Waals surface area contributed by atoms with E-state index in [4.69, 9.17) is 4.42 Å². The fourth-order valence-electron chi connectivity index (χ4n) is 2.21. The van der Waals surface area contributed by atoms with Crippen LogP contribution >= 0.6 is 31.9 Å². The van der Waals surface area contributed by atoms with Crippen LogP contribution < -0.4 is 0 Å². The highest BCUT2D eigenvalue weighted by molar-refractivity contribution is 9.13. The second kappa shape index (κ2) is 5.35. The molecule has 3 aromatic rings. The number of rotatable bonds is 2. The number of aryl methyl sites for hydroxylation is 1. The summed E-state index contributed by atoms with van der Waals surface area (Å²) in [6.45, 7) is 2.00. The fraction of sp³-hybridized carbons (Fsp3) is 0.125. The van der Waals surface area contributed by atoms with Crippen molar-refractivity contribution in [1.82, 2.24) is 0 Å². The van der Waals surface area contributed by atoms with Gasteiger partial charge in [0, 0.05) is 14.3 Å². The Bertz CT molecular complexity index is 777. The first-order valence-corrected chi connectivity index (χ1v) is 7.77. The molecule has 0 aliphatic heterocycles. The van der Waals surface area contributed by atoms with Gasteiger partial charge < -0.3 is 9.52 Å². The number of fused-ring (bicyclic) bond motifs is 1. The van der Waals surface area contributed by atoms with Crippen LogP contribution in [0.1, 0.15) is 23.0 Å². The number of hydrogen-bond donors (Lipinski definition) is 1. The van der Waals surface area contributed by atoms with Crippen molar-refractivity contribution in [2.75, 3.05) is 0 Å². The standard InChI is InChI=1S/C16H12Br2O2/c1-9-3-2-4-11-8-14(20-16(9)11)15(19)10-5-6-12(17)13(18)7-10/h2-8,15,19H,1H3. The van der Waals surface area contributed by atoms with Crippen molar-refractivity contribution in [2.24, 2.45) is 0 Å². The van der Waals surface area contributed by atoms with Crippen molar-refractivity contribution >= 4 is 42.8 Å². The molecule has 0 bridgehead atoms. The fourth-order valence-corrected chi connectivity index (χ4v) is 2.85. The topological polar surface area (TPSA) is 33.4 Å². The van der Waals surface area contributed by atoms with Gasteiger partial charge in [-0.2, -0.15) is 0 Å². The van der Waals surface area contributed by atoms with E-state index in [-0.39, 0.29) is 0 Å². The van der Waals surface area contributed by atoms with E-state index in [1.54, 1.807) is 0 Å². The highest BCUT2D eigenvalue weighted by Gasteiger charge is 2.17. The molecule has 20 heavy (non-hydrogen) atoms. The Kier molecular flexibility index (Phi) is 3.71. The Hall–Kier alpha value is -1.10. The number of benzene rings is 2. The lowest BCUT2D eigenvalue weighted by atomic mass is 10.1. The minimum absolute atomic E-state index is 0.559. The first-order chi connectivity index (χ1) is 9.56. The molecule has 0 amide bonds. The predicted octanol–water partition coefficient (Wildman–Crippen LogP) is 5.35. The van der Waals surface area contributed by atoms with Crippen LogP contribution in [0.4, 0.5) is 0 Å². The van der Waals surface area contributed by atoms with Crippen LogP contribution in [0.3, 0.4) is 0 Å². The average molecular weight is 396 g/mol. The molecule has 1 unspecified atom stereocenters. The van der Waals surface area contributed by atoms with E-state index in [0.29, 0.717) is 5.76 Å². The minimum Gasteiger partial charge on any atom is -0.458 e. The van der Waals surface area contributed by atoms with Crippen molar-refractivity contribution in [2.45, 2.75) is 13.0 Å². The van der Waals surface area contributed by atoms with Gasteiger partial charge in [0.25, 0.3) is 0 Å². The van der Waals surface area contributed by atoms with Crippen LogP contribution in [0.5, 0.6) is 0 Å². The molecule has 4 heteroatoms. The molecule has 1 N–H and O–H groups in total. The molecule has 1 heterocycles. The molecule has 0 aliphatic carbocycles. The first-order valence-electron chi connectivity index (χ1n) is 6.18. The maximum Gasteiger partial charge on any atom is 0.138 e. The smallest absolute Gasteiger partial charge is 0.138 e. The largest absolute Gasteiger partial charge is 0.458 e. The summed E-state index contributed by atoms with van der Waals surface area (Å²) in [4.78, 5) is 0.